The highest BCUT2D eigenvalue weighted by Crippen LogP contribution is 2.59. The quantitative estimate of drug-likeness (QED) is 0.656. The molecular formula is C21H21F2N5O. The number of hydrogen-bond donors (Lipinski definition) is 2. The van der Waals surface area contributed by atoms with Gasteiger partial charge in [-0.25, -0.2) is 18.3 Å². The molecule has 2 aromatic carbocycles. The van der Waals surface area contributed by atoms with Gasteiger partial charge in [-0.15, -0.1) is 5.10 Å². The number of rotatable bonds is 6. The fourth-order valence-electron chi connectivity index (χ4n) is 3.12. The number of amides is 2. The summed E-state index contributed by atoms with van der Waals surface area (Å²) in [5, 5.41) is 13.5. The molecule has 4 rings (SSSR count). The molecule has 0 bridgehead atoms. The molecule has 8 heteroatoms. The molecule has 1 heterocycles. The lowest BCUT2D eigenvalue weighted by atomic mass is 10.1. The van der Waals surface area contributed by atoms with Crippen molar-refractivity contribution < 1.29 is 13.6 Å². The number of nitrogens with zero attached hydrogens (tertiary/aromatic N) is 3. The second kappa shape index (κ2) is 7.27. The van der Waals surface area contributed by atoms with Gasteiger partial charge in [-0.1, -0.05) is 54.6 Å². The van der Waals surface area contributed by atoms with Crippen molar-refractivity contribution in [1.82, 2.24) is 20.3 Å². The van der Waals surface area contributed by atoms with E-state index in [1.165, 1.54) is 6.92 Å². The van der Waals surface area contributed by atoms with Gasteiger partial charge in [0, 0.05) is 24.2 Å². The smallest absolute Gasteiger partial charge is 0.319 e. The van der Waals surface area contributed by atoms with Crippen LogP contribution in [0.25, 0.3) is 11.3 Å². The number of urea groups is 1. The topological polar surface area (TPSA) is 71.8 Å². The number of alkyl halides is 2. The minimum absolute atomic E-state index is 0.0701. The number of nitrogens with one attached hydrogen (secondary N) is 2. The van der Waals surface area contributed by atoms with Crippen LogP contribution in [0.3, 0.4) is 0 Å². The Balaban J connectivity index is 1.38. The minimum atomic E-state index is -2.70. The molecule has 0 aliphatic heterocycles. The Kier molecular flexibility index (Phi) is 4.77. The largest absolute Gasteiger partial charge is 0.337 e. The summed E-state index contributed by atoms with van der Waals surface area (Å²) >= 11 is 0. The van der Waals surface area contributed by atoms with Gasteiger partial charge in [0.1, 0.15) is 5.69 Å². The molecule has 150 valence electrons. The first-order valence-electron chi connectivity index (χ1n) is 9.32. The van der Waals surface area contributed by atoms with Crippen LogP contribution in [0.1, 0.15) is 18.9 Å². The van der Waals surface area contributed by atoms with Crippen LogP contribution in [-0.2, 0) is 6.54 Å². The lowest BCUT2D eigenvalue weighted by Crippen LogP contribution is -2.34. The highest BCUT2D eigenvalue weighted by molar-refractivity contribution is 5.90. The molecule has 0 radical (unpaired) electrons. The van der Waals surface area contributed by atoms with Gasteiger partial charge >= 0.3 is 6.03 Å². The average Bonchev–Trinajstić information content (AvgIpc) is 3.01. The van der Waals surface area contributed by atoms with E-state index >= 15 is 0 Å². The normalized spacial score (nSPS) is 19.6. The Morgan fingerprint density at radius 2 is 1.93 bits per heavy atom. The van der Waals surface area contributed by atoms with Crippen molar-refractivity contribution in [3.05, 3.63) is 66.4 Å². The predicted octanol–water partition coefficient (Wildman–Crippen LogP) is 4.16. The van der Waals surface area contributed by atoms with Crippen LogP contribution in [0.2, 0.25) is 0 Å². The Labute approximate surface area is 166 Å². The maximum atomic E-state index is 13.3. The molecule has 0 spiro atoms. The molecule has 1 fully saturated rings. The summed E-state index contributed by atoms with van der Waals surface area (Å²) < 4.78 is 28.2. The third-order valence-corrected chi connectivity index (χ3v) is 5.15. The van der Waals surface area contributed by atoms with Gasteiger partial charge in [0.25, 0.3) is 5.92 Å². The fraction of sp³-hybridized carbons (Fsp3) is 0.286. The van der Waals surface area contributed by atoms with E-state index in [-0.39, 0.29) is 13.0 Å². The van der Waals surface area contributed by atoms with Gasteiger partial charge in [0.05, 0.1) is 18.2 Å². The van der Waals surface area contributed by atoms with Crippen LogP contribution in [-0.4, -0.2) is 33.5 Å². The summed E-state index contributed by atoms with van der Waals surface area (Å²) in [5.41, 5.74) is 1.98. The van der Waals surface area contributed by atoms with E-state index in [1.807, 2.05) is 42.6 Å². The summed E-state index contributed by atoms with van der Waals surface area (Å²) in [6, 6.07) is 16.6. The van der Waals surface area contributed by atoms with E-state index in [0.717, 1.165) is 11.1 Å². The van der Waals surface area contributed by atoms with Crippen LogP contribution in [0.4, 0.5) is 19.3 Å². The SMILES string of the molecule is CC1(CNC(=O)Nc2cccc(-c3cn(Cc4ccccc4)nn3)c2)CC1(F)F. The zero-order valence-electron chi connectivity index (χ0n) is 15.9. The molecule has 3 aromatic rings. The van der Waals surface area contributed by atoms with Crippen molar-refractivity contribution in [2.75, 3.05) is 11.9 Å². The van der Waals surface area contributed by atoms with E-state index < -0.39 is 17.4 Å². The number of carbonyl (C=O) groups is 1. The van der Waals surface area contributed by atoms with Crippen LogP contribution in [0.15, 0.2) is 60.8 Å². The second-order valence-corrected chi connectivity index (χ2v) is 7.62. The Hall–Kier alpha value is -3.29. The van der Waals surface area contributed by atoms with Gasteiger partial charge in [0.15, 0.2) is 0 Å². The van der Waals surface area contributed by atoms with E-state index in [2.05, 4.69) is 20.9 Å². The summed E-state index contributed by atoms with van der Waals surface area (Å²) in [6.07, 6.45) is 1.64. The molecule has 29 heavy (non-hydrogen) atoms. The number of halogens is 2. The van der Waals surface area contributed by atoms with Crippen molar-refractivity contribution >= 4 is 11.7 Å². The highest BCUT2D eigenvalue weighted by atomic mass is 19.3. The summed E-state index contributed by atoms with van der Waals surface area (Å²) in [4.78, 5) is 12.1. The van der Waals surface area contributed by atoms with Crippen LogP contribution >= 0.6 is 0 Å². The van der Waals surface area contributed by atoms with Crippen LogP contribution < -0.4 is 10.6 Å². The van der Waals surface area contributed by atoms with Crippen molar-refractivity contribution in [2.24, 2.45) is 5.41 Å². The molecular weight excluding hydrogens is 376 g/mol. The minimum Gasteiger partial charge on any atom is -0.337 e. The molecule has 1 unspecified atom stereocenters. The third kappa shape index (κ3) is 4.26. The molecule has 2 N–H and O–H groups in total. The highest BCUT2D eigenvalue weighted by Gasteiger charge is 2.67. The maximum Gasteiger partial charge on any atom is 0.319 e. The van der Waals surface area contributed by atoms with Crippen LogP contribution in [0.5, 0.6) is 0 Å². The van der Waals surface area contributed by atoms with E-state index in [9.17, 15) is 13.6 Å². The molecule has 1 aromatic heterocycles. The van der Waals surface area contributed by atoms with Gasteiger partial charge in [-0.3, -0.25) is 0 Å². The van der Waals surface area contributed by atoms with Crippen LogP contribution in [0, 0.1) is 5.41 Å². The summed E-state index contributed by atoms with van der Waals surface area (Å²) in [5.74, 6) is -2.70. The molecule has 0 saturated heterocycles. The zero-order chi connectivity index (χ0) is 20.5. The molecule has 1 saturated carbocycles. The molecule has 1 aliphatic rings. The number of carbonyl (C=O) groups excluding carboxylic acids is 1. The number of anilines is 1. The van der Waals surface area contributed by atoms with Crippen molar-refractivity contribution in [1.29, 1.82) is 0 Å². The molecule has 1 atom stereocenters. The Morgan fingerprint density at radius 3 is 2.66 bits per heavy atom. The number of benzene rings is 2. The lowest BCUT2D eigenvalue weighted by molar-refractivity contribution is 0.0709. The first-order chi connectivity index (χ1) is 13.8. The fourth-order valence-corrected chi connectivity index (χ4v) is 3.12. The van der Waals surface area contributed by atoms with Crippen molar-refractivity contribution in [3.8, 4) is 11.3 Å². The van der Waals surface area contributed by atoms with Crippen molar-refractivity contribution in [2.45, 2.75) is 25.8 Å². The van der Waals surface area contributed by atoms with Gasteiger partial charge in [0.2, 0.25) is 0 Å². The van der Waals surface area contributed by atoms with Crippen molar-refractivity contribution in [3.63, 3.8) is 0 Å². The standard InChI is InChI=1S/C21H21F2N5O/c1-20(13-21(20,22)23)14-24-19(29)25-17-9-5-8-16(10-17)18-12-28(27-26-18)11-15-6-3-2-4-7-15/h2-10,12H,11,13-14H2,1H3,(H2,24,25,29). The first kappa shape index (κ1) is 19.0. The van der Waals surface area contributed by atoms with E-state index in [4.69, 9.17) is 0 Å². The summed E-state index contributed by atoms with van der Waals surface area (Å²) in [6.45, 7) is 2.00. The first-order valence-corrected chi connectivity index (χ1v) is 9.32. The second-order valence-electron chi connectivity index (χ2n) is 7.62. The lowest BCUT2D eigenvalue weighted by Gasteiger charge is -2.12. The summed E-state index contributed by atoms with van der Waals surface area (Å²) in [7, 11) is 0. The Morgan fingerprint density at radius 1 is 1.17 bits per heavy atom. The molecule has 2 amide bonds. The Bertz CT molecular complexity index is 1020. The third-order valence-electron chi connectivity index (χ3n) is 5.15. The van der Waals surface area contributed by atoms with Gasteiger partial charge in [-0.05, 0) is 17.7 Å². The van der Waals surface area contributed by atoms with E-state index in [0.29, 0.717) is 17.9 Å². The van der Waals surface area contributed by atoms with Gasteiger partial charge in [-0.2, -0.15) is 0 Å². The monoisotopic (exact) mass is 397 g/mol. The molecule has 1 aliphatic carbocycles. The molecule has 6 nitrogen and oxygen atoms in total. The number of hydrogen-bond acceptors (Lipinski definition) is 3. The van der Waals surface area contributed by atoms with Gasteiger partial charge < -0.3 is 10.6 Å². The number of aromatic nitrogens is 3. The average molecular weight is 397 g/mol. The zero-order valence-corrected chi connectivity index (χ0v) is 15.9. The van der Waals surface area contributed by atoms with E-state index in [1.54, 1.807) is 22.9 Å². The maximum absolute atomic E-state index is 13.3. The predicted molar refractivity (Wildman–Crippen MR) is 106 cm³/mol.